The summed E-state index contributed by atoms with van der Waals surface area (Å²) in [6.07, 6.45) is 5.19. The van der Waals surface area contributed by atoms with Crippen LogP contribution in [0, 0.1) is 5.92 Å². The zero-order valence-electron chi connectivity index (χ0n) is 10.5. The maximum absolute atomic E-state index is 6.01. The van der Waals surface area contributed by atoms with Crippen LogP contribution in [-0.4, -0.2) is 13.2 Å². The molecule has 0 aromatic heterocycles. The molecule has 0 radical (unpaired) electrons. The molecule has 3 heteroatoms. The van der Waals surface area contributed by atoms with Gasteiger partial charge in [-0.2, -0.15) is 0 Å². The molecule has 17 heavy (non-hydrogen) atoms. The fraction of sp³-hybridized carbons (Fsp3) is 0.571. The van der Waals surface area contributed by atoms with Gasteiger partial charge in [0.15, 0.2) is 0 Å². The van der Waals surface area contributed by atoms with Gasteiger partial charge in [-0.05, 0) is 37.3 Å². The summed E-state index contributed by atoms with van der Waals surface area (Å²) in [7, 11) is 1.65. The molecule has 0 amide bonds. The van der Waals surface area contributed by atoms with E-state index >= 15 is 0 Å². The highest BCUT2D eigenvalue weighted by atomic mass is 35.5. The van der Waals surface area contributed by atoms with Crippen molar-refractivity contribution in [3.05, 3.63) is 23.2 Å². The summed E-state index contributed by atoms with van der Waals surface area (Å²) in [6, 6.07) is 6.48. The Bertz CT molecular complexity index is 380. The van der Waals surface area contributed by atoms with Gasteiger partial charge in [0, 0.05) is 17.8 Å². The van der Waals surface area contributed by atoms with E-state index in [0.29, 0.717) is 11.1 Å². The van der Waals surface area contributed by atoms with Crippen molar-refractivity contribution in [2.24, 2.45) is 5.92 Å². The minimum absolute atomic E-state index is 0.603. The lowest BCUT2D eigenvalue weighted by atomic mass is 10.1. The van der Waals surface area contributed by atoms with Gasteiger partial charge in [-0.25, -0.2) is 0 Å². The molecule has 1 aliphatic rings. The topological polar surface area (TPSA) is 21.3 Å². The Balaban J connectivity index is 1.99. The molecule has 0 spiro atoms. The Morgan fingerprint density at radius 1 is 1.41 bits per heavy atom. The number of ether oxygens (including phenoxy) is 1. The molecule has 94 valence electrons. The van der Waals surface area contributed by atoms with Crippen LogP contribution < -0.4 is 10.1 Å². The number of benzene rings is 1. The maximum atomic E-state index is 6.01. The minimum atomic E-state index is 0.603. The van der Waals surface area contributed by atoms with E-state index in [1.807, 2.05) is 18.2 Å². The van der Waals surface area contributed by atoms with E-state index in [2.05, 4.69) is 12.2 Å². The number of hydrogen-bond donors (Lipinski definition) is 1. The van der Waals surface area contributed by atoms with Crippen LogP contribution in [0.5, 0.6) is 5.75 Å². The van der Waals surface area contributed by atoms with E-state index in [4.69, 9.17) is 16.3 Å². The lowest BCUT2D eigenvalue weighted by Gasteiger charge is -2.15. The van der Waals surface area contributed by atoms with Crippen LogP contribution >= 0.6 is 11.6 Å². The number of rotatable bonds is 4. The minimum Gasteiger partial charge on any atom is -0.495 e. The highest BCUT2D eigenvalue weighted by Crippen LogP contribution is 2.32. The third-order valence-electron chi connectivity index (χ3n) is 3.64. The molecule has 2 rings (SSSR count). The van der Waals surface area contributed by atoms with E-state index in [1.54, 1.807) is 7.11 Å². The predicted molar refractivity (Wildman–Crippen MR) is 73.0 cm³/mol. The first kappa shape index (κ1) is 12.6. The second kappa shape index (κ2) is 5.63. The van der Waals surface area contributed by atoms with Crippen molar-refractivity contribution >= 4 is 17.3 Å². The third kappa shape index (κ3) is 3.06. The monoisotopic (exact) mass is 253 g/mol. The Morgan fingerprint density at radius 3 is 2.88 bits per heavy atom. The van der Waals surface area contributed by atoms with Crippen molar-refractivity contribution in [2.75, 3.05) is 12.4 Å². The molecule has 1 aromatic rings. The van der Waals surface area contributed by atoms with Crippen LogP contribution in [0.1, 0.15) is 32.6 Å². The molecule has 1 saturated carbocycles. The molecule has 1 N–H and O–H groups in total. The number of anilines is 1. The molecule has 0 saturated heterocycles. The summed E-state index contributed by atoms with van der Waals surface area (Å²) in [5, 5.41) is 4.23. The van der Waals surface area contributed by atoms with Gasteiger partial charge in [-0.3, -0.25) is 0 Å². The normalized spacial score (nSPS) is 23.7. The third-order valence-corrected chi connectivity index (χ3v) is 3.95. The highest BCUT2D eigenvalue weighted by Gasteiger charge is 2.23. The average Bonchev–Trinajstić information content (AvgIpc) is 2.79. The van der Waals surface area contributed by atoms with Gasteiger partial charge < -0.3 is 10.1 Å². The molecular weight excluding hydrogens is 234 g/mol. The zero-order chi connectivity index (χ0) is 12.3. The molecule has 1 aromatic carbocycles. The summed E-state index contributed by atoms with van der Waals surface area (Å²) in [6.45, 7) is 2.28. The first-order chi connectivity index (χ1) is 8.22. The largest absolute Gasteiger partial charge is 0.495 e. The van der Waals surface area contributed by atoms with Crippen molar-refractivity contribution in [1.82, 2.24) is 0 Å². The summed E-state index contributed by atoms with van der Waals surface area (Å²) in [5.74, 6) is 1.63. The summed E-state index contributed by atoms with van der Waals surface area (Å²) < 4.78 is 5.22. The lowest BCUT2D eigenvalue weighted by Crippen LogP contribution is -2.15. The van der Waals surface area contributed by atoms with E-state index in [0.717, 1.165) is 17.4 Å². The number of halogens is 1. The standard InChI is InChI=1S/C14H20ClNO/c1-3-10-4-5-11(8-10)16-12-6-7-13(15)14(9-12)17-2/h6-7,9-11,16H,3-5,8H2,1-2H3. The van der Waals surface area contributed by atoms with Gasteiger partial charge >= 0.3 is 0 Å². The molecule has 2 atom stereocenters. The van der Waals surface area contributed by atoms with Gasteiger partial charge in [0.25, 0.3) is 0 Å². The van der Waals surface area contributed by atoms with Crippen LogP contribution in [0.2, 0.25) is 5.02 Å². The van der Waals surface area contributed by atoms with Crippen LogP contribution in [0.15, 0.2) is 18.2 Å². The van der Waals surface area contributed by atoms with Gasteiger partial charge in [-0.15, -0.1) is 0 Å². The maximum Gasteiger partial charge on any atom is 0.139 e. The summed E-state index contributed by atoms with van der Waals surface area (Å²) in [5.41, 5.74) is 1.10. The van der Waals surface area contributed by atoms with Crippen molar-refractivity contribution in [3.8, 4) is 5.75 Å². The molecule has 2 unspecified atom stereocenters. The first-order valence-electron chi connectivity index (χ1n) is 6.33. The summed E-state index contributed by atoms with van der Waals surface area (Å²) in [4.78, 5) is 0. The lowest BCUT2D eigenvalue weighted by molar-refractivity contribution is 0.415. The molecular formula is C14H20ClNO. The van der Waals surface area contributed by atoms with Gasteiger partial charge in [0.2, 0.25) is 0 Å². The molecule has 2 nitrogen and oxygen atoms in total. The molecule has 0 heterocycles. The smallest absolute Gasteiger partial charge is 0.139 e. The highest BCUT2D eigenvalue weighted by molar-refractivity contribution is 6.32. The molecule has 1 aliphatic carbocycles. The quantitative estimate of drug-likeness (QED) is 0.862. The predicted octanol–water partition coefficient (Wildman–Crippen LogP) is 4.34. The molecule has 0 bridgehead atoms. The van der Waals surface area contributed by atoms with Gasteiger partial charge in [0.05, 0.1) is 12.1 Å². The number of methoxy groups -OCH3 is 1. The zero-order valence-corrected chi connectivity index (χ0v) is 11.3. The fourth-order valence-corrected chi connectivity index (χ4v) is 2.76. The Kier molecular flexibility index (Phi) is 4.16. The van der Waals surface area contributed by atoms with Crippen molar-refractivity contribution < 1.29 is 4.74 Å². The van der Waals surface area contributed by atoms with Crippen molar-refractivity contribution in [2.45, 2.75) is 38.6 Å². The SMILES string of the molecule is CCC1CCC(Nc2ccc(Cl)c(OC)c2)C1. The van der Waals surface area contributed by atoms with Crippen LogP contribution in [0.3, 0.4) is 0 Å². The van der Waals surface area contributed by atoms with Crippen LogP contribution in [0.4, 0.5) is 5.69 Å². The van der Waals surface area contributed by atoms with Crippen molar-refractivity contribution in [1.29, 1.82) is 0 Å². The number of hydrogen-bond acceptors (Lipinski definition) is 2. The van der Waals surface area contributed by atoms with Crippen LogP contribution in [-0.2, 0) is 0 Å². The Morgan fingerprint density at radius 2 is 2.24 bits per heavy atom. The van der Waals surface area contributed by atoms with Crippen molar-refractivity contribution in [3.63, 3.8) is 0 Å². The average molecular weight is 254 g/mol. The van der Waals surface area contributed by atoms with E-state index in [1.165, 1.54) is 25.7 Å². The van der Waals surface area contributed by atoms with E-state index in [9.17, 15) is 0 Å². The van der Waals surface area contributed by atoms with Crippen LogP contribution in [0.25, 0.3) is 0 Å². The Hall–Kier alpha value is -0.890. The summed E-state index contributed by atoms with van der Waals surface area (Å²) >= 11 is 6.01. The second-order valence-corrected chi connectivity index (χ2v) is 5.19. The van der Waals surface area contributed by atoms with Gasteiger partial charge in [-0.1, -0.05) is 24.9 Å². The fourth-order valence-electron chi connectivity index (χ4n) is 2.56. The molecule has 0 aliphatic heterocycles. The molecule has 1 fully saturated rings. The second-order valence-electron chi connectivity index (χ2n) is 4.78. The first-order valence-corrected chi connectivity index (χ1v) is 6.70. The van der Waals surface area contributed by atoms with Gasteiger partial charge in [0.1, 0.15) is 5.75 Å². The number of nitrogens with one attached hydrogen (secondary N) is 1. The van der Waals surface area contributed by atoms with E-state index in [-0.39, 0.29) is 0 Å². The Labute approximate surface area is 108 Å². The van der Waals surface area contributed by atoms with E-state index < -0.39 is 0 Å².